The van der Waals surface area contributed by atoms with Crippen LogP contribution >= 0.6 is 11.8 Å². The Morgan fingerprint density at radius 1 is 1.29 bits per heavy atom. The predicted molar refractivity (Wildman–Crippen MR) is 75.4 cm³/mol. The van der Waals surface area contributed by atoms with Crippen molar-refractivity contribution in [3.63, 3.8) is 0 Å². The van der Waals surface area contributed by atoms with Gasteiger partial charge in [-0.15, -0.1) is 11.8 Å². The van der Waals surface area contributed by atoms with Gasteiger partial charge in [-0.2, -0.15) is 0 Å². The van der Waals surface area contributed by atoms with Gasteiger partial charge >= 0.3 is 0 Å². The molecule has 0 fully saturated rings. The third-order valence-electron chi connectivity index (χ3n) is 2.56. The van der Waals surface area contributed by atoms with Crippen molar-refractivity contribution >= 4 is 28.4 Å². The SMILES string of the molecule is CN(C)CCSc1ccc(N)c2ncccc12. The summed E-state index contributed by atoms with van der Waals surface area (Å²) in [4.78, 5) is 7.77. The van der Waals surface area contributed by atoms with E-state index in [0.717, 1.165) is 28.9 Å². The average molecular weight is 247 g/mol. The van der Waals surface area contributed by atoms with Crippen molar-refractivity contribution < 1.29 is 0 Å². The summed E-state index contributed by atoms with van der Waals surface area (Å²) in [5.74, 6) is 1.07. The van der Waals surface area contributed by atoms with Crippen molar-refractivity contribution in [3.8, 4) is 0 Å². The smallest absolute Gasteiger partial charge is 0.0942 e. The number of nitrogen functional groups attached to an aromatic ring is 1. The Labute approximate surface area is 106 Å². The first kappa shape index (κ1) is 12.2. The number of hydrogen-bond donors (Lipinski definition) is 1. The highest BCUT2D eigenvalue weighted by Crippen LogP contribution is 2.29. The molecule has 4 heteroatoms. The molecule has 0 aliphatic heterocycles. The van der Waals surface area contributed by atoms with Gasteiger partial charge in [-0.3, -0.25) is 4.98 Å². The number of nitrogens with two attached hydrogens (primary N) is 1. The summed E-state index contributed by atoms with van der Waals surface area (Å²) in [6.07, 6.45) is 1.78. The molecule has 0 saturated carbocycles. The normalized spacial score (nSPS) is 11.2. The van der Waals surface area contributed by atoms with E-state index in [1.807, 2.05) is 23.9 Å². The highest BCUT2D eigenvalue weighted by Gasteiger charge is 2.05. The molecule has 0 bridgehead atoms. The third-order valence-corrected chi connectivity index (χ3v) is 3.61. The van der Waals surface area contributed by atoms with E-state index in [2.05, 4.69) is 36.1 Å². The van der Waals surface area contributed by atoms with Crippen LogP contribution in [0.5, 0.6) is 0 Å². The fourth-order valence-corrected chi connectivity index (χ4v) is 2.79. The maximum Gasteiger partial charge on any atom is 0.0942 e. The van der Waals surface area contributed by atoms with Crippen LogP contribution in [0.2, 0.25) is 0 Å². The first-order valence-electron chi connectivity index (χ1n) is 5.59. The van der Waals surface area contributed by atoms with E-state index in [-0.39, 0.29) is 0 Å². The molecule has 0 radical (unpaired) electrons. The van der Waals surface area contributed by atoms with Crippen LogP contribution in [-0.4, -0.2) is 36.3 Å². The number of benzene rings is 1. The molecule has 2 aromatic rings. The van der Waals surface area contributed by atoms with E-state index < -0.39 is 0 Å². The lowest BCUT2D eigenvalue weighted by Crippen LogP contribution is -2.14. The third kappa shape index (κ3) is 2.90. The van der Waals surface area contributed by atoms with Crippen molar-refractivity contribution in [2.75, 3.05) is 32.1 Å². The monoisotopic (exact) mass is 247 g/mol. The van der Waals surface area contributed by atoms with Gasteiger partial charge in [0.15, 0.2) is 0 Å². The molecule has 0 aliphatic rings. The molecule has 0 aliphatic carbocycles. The van der Waals surface area contributed by atoms with Crippen molar-refractivity contribution in [2.45, 2.75) is 4.90 Å². The number of nitrogens with zero attached hydrogens (tertiary/aromatic N) is 2. The van der Waals surface area contributed by atoms with E-state index in [9.17, 15) is 0 Å². The van der Waals surface area contributed by atoms with E-state index in [0.29, 0.717) is 0 Å². The number of rotatable bonds is 4. The minimum absolute atomic E-state index is 0.748. The van der Waals surface area contributed by atoms with Gasteiger partial charge in [0, 0.05) is 28.8 Å². The maximum absolute atomic E-state index is 5.92. The van der Waals surface area contributed by atoms with Gasteiger partial charge in [0.05, 0.1) is 11.2 Å². The quantitative estimate of drug-likeness (QED) is 0.666. The molecular weight excluding hydrogens is 230 g/mol. The molecule has 2 N–H and O–H groups in total. The van der Waals surface area contributed by atoms with Gasteiger partial charge < -0.3 is 10.6 Å². The second-order valence-electron chi connectivity index (χ2n) is 4.20. The lowest BCUT2D eigenvalue weighted by Gasteiger charge is -2.10. The van der Waals surface area contributed by atoms with Crippen LogP contribution in [0.15, 0.2) is 35.4 Å². The molecule has 0 amide bonds. The Morgan fingerprint density at radius 2 is 2.12 bits per heavy atom. The molecule has 0 atom stereocenters. The van der Waals surface area contributed by atoms with Crippen LogP contribution in [-0.2, 0) is 0 Å². The Bertz CT molecular complexity index is 511. The summed E-state index contributed by atoms with van der Waals surface area (Å²) in [5.41, 5.74) is 7.57. The number of thioether (sulfide) groups is 1. The van der Waals surface area contributed by atoms with E-state index in [1.165, 1.54) is 4.90 Å². The second kappa shape index (κ2) is 5.38. The van der Waals surface area contributed by atoms with Crippen molar-refractivity contribution in [1.29, 1.82) is 0 Å². The highest BCUT2D eigenvalue weighted by atomic mass is 32.2. The van der Waals surface area contributed by atoms with E-state index in [4.69, 9.17) is 5.73 Å². The summed E-state index contributed by atoms with van der Waals surface area (Å²) in [6.45, 7) is 1.07. The molecule has 0 unspecified atom stereocenters. The largest absolute Gasteiger partial charge is 0.397 e. The first-order valence-corrected chi connectivity index (χ1v) is 6.58. The van der Waals surface area contributed by atoms with Crippen molar-refractivity contribution in [3.05, 3.63) is 30.5 Å². The molecule has 1 heterocycles. The van der Waals surface area contributed by atoms with Crippen molar-refractivity contribution in [1.82, 2.24) is 9.88 Å². The topological polar surface area (TPSA) is 42.1 Å². The summed E-state index contributed by atoms with van der Waals surface area (Å²) in [7, 11) is 4.17. The Morgan fingerprint density at radius 3 is 2.88 bits per heavy atom. The molecule has 0 spiro atoms. The Hall–Kier alpha value is -1.26. The highest BCUT2D eigenvalue weighted by molar-refractivity contribution is 7.99. The standard InChI is InChI=1S/C13H17N3S/c1-16(2)8-9-17-12-6-5-11(14)13-10(12)4-3-7-15-13/h3-7H,8-9,14H2,1-2H3. The molecule has 17 heavy (non-hydrogen) atoms. The number of aromatic nitrogens is 1. The zero-order valence-corrected chi connectivity index (χ0v) is 11.0. The molecule has 90 valence electrons. The lowest BCUT2D eigenvalue weighted by molar-refractivity contribution is 0.437. The summed E-state index contributed by atoms with van der Waals surface area (Å²) >= 11 is 1.85. The Kier molecular flexibility index (Phi) is 3.86. The first-order chi connectivity index (χ1) is 8.18. The summed E-state index contributed by atoms with van der Waals surface area (Å²) in [5, 5.41) is 1.15. The van der Waals surface area contributed by atoms with Crippen LogP contribution in [0.3, 0.4) is 0 Å². The second-order valence-corrected chi connectivity index (χ2v) is 5.34. The minimum atomic E-state index is 0.748. The van der Waals surface area contributed by atoms with Crippen molar-refractivity contribution in [2.24, 2.45) is 0 Å². The zero-order valence-electron chi connectivity index (χ0n) is 10.2. The molecule has 1 aromatic carbocycles. The molecule has 1 aromatic heterocycles. The number of fused-ring (bicyclic) bond motifs is 1. The van der Waals surface area contributed by atoms with Gasteiger partial charge in [0.1, 0.15) is 0 Å². The molecule has 3 nitrogen and oxygen atoms in total. The molecule has 2 rings (SSSR count). The Balaban J connectivity index is 2.26. The van der Waals surface area contributed by atoms with Crippen LogP contribution in [0.1, 0.15) is 0 Å². The maximum atomic E-state index is 5.92. The van der Waals surface area contributed by atoms with Gasteiger partial charge in [-0.1, -0.05) is 6.07 Å². The molecular formula is C13H17N3S. The van der Waals surface area contributed by atoms with Gasteiger partial charge in [0.2, 0.25) is 0 Å². The summed E-state index contributed by atoms with van der Waals surface area (Å²) in [6, 6.07) is 8.06. The summed E-state index contributed by atoms with van der Waals surface area (Å²) < 4.78 is 0. The van der Waals surface area contributed by atoms with Crippen LogP contribution in [0, 0.1) is 0 Å². The fourth-order valence-electron chi connectivity index (χ4n) is 1.63. The zero-order chi connectivity index (χ0) is 12.3. The van der Waals surface area contributed by atoms with Crippen LogP contribution in [0.25, 0.3) is 10.9 Å². The van der Waals surface area contributed by atoms with Crippen LogP contribution < -0.4 is 5.73 Å². The molecule has 0 saturated heterocycles. The minimum Gasteiger partial charge on any atom is -0.397 e. The van der Waals surface area contributed by atoms with E-state index in [1.54, 1.807) is 6.20 Å². The number of hydrogen-bond acceptors (Lipinski definition) is 4. The average Bonchev–Trinajstić information content (AvgIpc) is 2.32. The fraction of sp³-hybridized carbons (Fsp3) is 0.308. The number of anilines is 1. The van der Waals surface area contributed by atoms with Gasteiger partial charge in [-0.05, 0) is 32.3 Å². The van der Waals surface area contributed by atoms with Gasteiger partial charge in [-0.25, -0.2) is 0 Å². The van der Waals surface area contributed by atoms with E-state index >= 15 is 0 Å². The lowest BCUT2D eigenvalue weighted by atomic mass is 10.2. The van der Waals surface area contributed by atoms with Gasteiger partial charge in [0.25, 0.3) is 0 Å². The number of pyridine rings is 1. The van der Waals surface area contributed by atoms with Crippen LogP contribution in [0.4, 0.5) is 5.69 Å². The predicted octanol–water partition coefficient (Wildman–Crippen LogP) is 2.47.